The number of aliphatic hydroxyl groups is 1. The maximum Gasteiger partial charge on any atom is 0.121 e. The molecule has 1 aliphatic rings. The Balaban J connectivity index is 1.88. The molecule has 1 saturated carbocycles. The number of nitrogens with zero attached hydrogens (tertiary/aromatic N) is 1. The minimum atomic E-state index is -0.625. The van der Waals surface area contributed by atoms with Gasteiger partial charge in [-0.15, -0.1) is 0 Å². The second-order valence-corrected chi connectivity index (χ2v) is 5.40. The molecule has 0 radical (unpaired) electrons. The average molecular weight is 253 g/mol. The van der Waals surface area contributed by atoms with Crippen molar-refractivity contribution >= 4 is 0 Å². The van der Waals surface area contributed by atoms with Crippen molar-refractivity contribution in [2.45, 2.75) is 38.2 Å². The van der Waals surface area contributed by atoms with Crippen LogP contribution >= 0.6 is 0 Å². The van der Waals surface area contributed by atoms with E-state index in [1.54, 1.807) is 0 Å². The summed E-state index contributed by atoms with van der Waals surface area (Å²) in [6, 6.07) is 14.1. The third-order valence-electron chi connectivity index (χ3n) is 3.99. The molecule has 1 N–H and O–H groups in total. The molecule has 1 aliphatic carbocycles. The van der Waals surface area contributed by atoms with Gasteiger partial charge < -0.3 is 5.11 Å². The van der Waals surface area contributed by atoms with Gasteiger partial charge in [0.25, 0.3) is 0 Å². The summed E-state index contributed by atoms with van der Waals surface area (Å²) in [4.78, 5) is 4.41. The van der Waals surface area contributed by atoms with Crippen molar-refractivity contribution < 1.29 is 5.11 Å². The molecule has 98 valence electrons. The van der Waals surface area contributed by atoms with Crippen molar-refractivity contribution in [2.75, 3.05) is 0 Å². The highest BCUT2D eigenvalue weighted by molar-refractivity contribution is 5.32. The standard InChI is InChI=1S/C17H19NO/c1-12-5-2-10-16(18-12)17(19)15-9-4-8-14(11-15)13-6-3-7-13/h2,4-5,8-11,13,17,19H,3,6-7H2,1H3. The van der Waals surface area contributed by atoms with Crippen LogP contribution in [0, 0.1) is 6.92 Å². The van der Waals surface area contributed by atoms with E-state index in [2.05, 4.69) is 17.1 Å². The predicted molar refractivity (Wildman–Crippen MR) is 76.1 cm³/mol. The summed E-state index contributed by atoms with van der Waals surface area (Å²) in [5.41, 5.74) is 3.97. The molecule has 0 amide bonds. The van der Waals surface area contributed by atoms with Gasteiger partial charge in [0.05, 0.1) is 5.69 Å². The van der Waals surface area contributed by atoms with Gasteiger partial charge in [0, 0.05) is 5.69 Å². The monoisotopic (exact) mass is 253 g/mol. The summed E-state index contributed by atoms with van der Waals surface area (Å²) in [5, 5.41) is 10.5. The van der Waals surface area contributed by atoms with E-state index in [-0.39, 0.29) is 0 Å². The van der Waals surface area contributed by atoms with Crippen LogP contribution in [0.3, 0.4) is 0 Å². The lowest BCUT2D eigenvalue weighted by molar-refractivity contribution is 0.215. The van der Waals surface area contributed by atoms with Gasteiger partial charge in [-0.1, -0.05) is 36.8 Å². The number of benzene rings is 1. The first-order valence-electron chi connectivity index (χ1n) is 6.95. The first-order valence-corrected chi connectivity index (χ1v) is 6.95. The van der Waals surface area contributed by atoms with Crippen LogP contribution in [0.2, 0.25) is 0 Å². The highest BCUT2D eigenvalue weighted by Gasteiger charge is 2.20. The zero-order valence-electron chi connectivity index (χ0n) is 11.2. The number of aryl methyl sites for hydroxylation is 1. The van der Waals surface area contributed by atoms with Crippen LogP contribution in [-0.4, -0.2) is 10.1 Å². The van der Waals surface area contributed by atoms with Gasteiger partial charge in [-0.05, 0) is 48.9 Å². The SMILES string of the molecule is Cc1cccc(C(O)c2cccc(C3CCC3)c2)n1. The molecule has 2 aromatic rings. The minimum absolute atomic E-state index is 0.625. The Labute approximate surface area is 114 Å². The van der Waals surface area contributed by atoms with E-state index < -0.39 is 6.10 Å². The van der Waals surface area contributed by atoms with Gasteiger partial charge in [0.15, 0.2) is 0 Å². The van der Waals surface area contributed by atoms with E-state index in [4.69, 9.17) is 0 Å². The molecule has 2 nitrogen and oxygen atoms in total. The highest BCUT2D eigenvalue weighted by atomic mass is 16.3. The van der Waals surface area contributed by atoms with Crippen LogP contribution in [0.25, 0.3) is 0 Å². The molecule has 1 heterocycles. The second kappa shape index (κ2) is 5.14. The van der Waals surface area contributed by atoms with E-state index in [0.29, 0.717) is 5.92 Å². The second-order valence-electron chi connectivity index (χ2n) is 5.40. The summed E-state index contributed by atoms with van der Waals surface area (Å²) in [7, 11) is 0. The molecular formula is C17H19NO. The molecule has 0 saturated heterocycles. The Morgan fingerprint density at radius 2 is 1.95 bits per heavy atom. The smallest absolute Gasteiger partial charge is 0.121 e. The normalized spacial score (nSPS) is 16.9. The van der Waals surface area contributed by atoms with Gasteiger partial charge in [-0.3, -0.25) is 4.98 Å². The van der Waals surface area contributed by atoms with Crippen molar-refractivity contribution in [3.8, 4) is 0 Å². The molecular weight excluding hydrogens is 234 g/mol. The molecule has 0 bridgehead atoms. The minimum Gasteiger partial charge on any atom is -0.382 e. The topological polar surface area (TPSA) is 33.1 Å². The van der Waals surface area contributed by atoms with E-state index in [9.17, 15) is 5.11 Å². The van der Waals surface area contributed by atoms with Crippen LogP contribution in [-0.2, 0) is 0 Å². The molecule has 2 heteroatoms. The molecule has 0 spiro atoms. The molecule has 1 unspecified atom stereocenters. The number of aliphatic hydroxyl groups excluding tert-OH is 1. The number of hydrogen-bond donors (Lipinski definition) is 1. The molecule has 3 rings (SSSR count). The van der Waals surface area contributed by atoms with Crippen LogP contribution in [0.5, 0.6) is 0 Å². The lowest BCUT2D eigenvalue weighted by Crippen LogP contribution is -2.10. The third-order valence-corrected chi connectivity index (χ3v) is 3.99. The molecule has 0 aliphatic heterocycles. The van der Waals surface area contributed by atoms with E-state index in [1.165, 1.54) is 24.8 Å². The summed E-state index contributed by atoms with van der Waals surface area (Å²) in [5.74, 6) is 0.692. The quantitative estimate of drug-likeness (QED) is 0.904. The zero-order chi connectivity index (χ0) is 13.2. The number of hydrogen-bond acceptors (Lipinski definition) is 2. The van der Waals surface area contributed by atoms with Crippen molar-refractivity contribution in [3.63, 3.8) is 0 Å². The highest BCUT2D eigenvalue weighted by Crippen LogP contribution is 2.37. The van der Waals surface area contributed by atoms with Crippen molar-refractivity contribution in [1.82, 2.24) is 4.98 Å². The maximum atomic E-state index is 10.5. The summed E-state index contributed by atoms with van der Waals surface area (Å²) >= 11 is 0. The molecule has 1 atom stereocenters. The average Bonchev–Trinajstić information content (AvgIpc) is 2.36. The fourth-order valence-electron chi connectivity index (χ4n) is 2.61. The number of pyridine rings is 1. The molecule has 1 aromatic carbocycles. The van der Waals surface area contributed by atoms with Gasteiger partial charge in [-0.25, -0.2) is 0 Å². The largest absolute Gasteiger partial charge is 0.382 e. The van der Waals surface area contributed by atoms with Crippen molar-refractivity contribution in [2.24, 2.45) is 0 Å². The van der Waals surface area contributed by atoms with E-state index >= 15 is 0 Å². The Kier molecular flexibility index (Phi) is 3.34. The molecule has 19 heavy (non-hydrogen) atoms. The fraction of sp³-hybridized carbons (Fsp3) is 0.353. The lowest BCUT2D eigenvalue weighted by atomic mass is 9.79. The maximum absolute atomic E-state index is 10.5. The van der Waals surface area contributed by atoms with Gasteiger partial charge in [0.2, 0.25) is 0 Å². The van der Waals surface area contributed by atoms with E-state index in [1.807, 2.05) is 37.3 Å². The predicted octanol–water partition coefficient (Wildman–Crippen LogP) is 3.74. The Bertz CT molecular complexity index is 575. The van der Waals surface area contributed by atoms with Crippen LogP contribution in [0.15, 0.2) is 42.5 Å². The van der Waals surface area contributed by atoms with E-state index in [0.717, 1.165) is 17.0 Å². The molecule has 1 fully saturated rings. The van der Waals surface area contributed by atoms with Gasteiger partial charge >= 0.3 is 0 Å². The number of aromatic nitrogens is 1. The molecule has 1 aromatic heterocycles. The van der Waals surface area contributed by atoms with Crippen LogP contribution in [0.4, 0.5) is 0 Å². The van der Waals surface area contributed by atoms with Gasteiger partial charge in [-0.2, -0.15) is 0 Å². The first kappa shape index (κ1) is 12.4. The fourth-order valence-corrected chi connectivity index (χ4v) is 2.61. The Morgan fingerprint density at radius 3 is 2.63 bits per heavy atom. The summed E-state index contributed by atoms with van der Waals surface area (Å²) < 4.78 is 0. The zero-order valence-corrected chi connectivity index (χ0v) is 11.2. The third kappa shape index (κ3) is 2.54. The van der Waals surface area contributed by atoms with Gasteiger partial charge in [0.1, 0.15) is 6.10 Å². The van der Waals surface area contributed by atoms with Crippen LogP contribution in [0.1, 0.15) is 53.8 Å². The first-order chi connectivity index (χ1) is 9.24. The Morgan fingerprint density at radius 1 is 1.16 bits per heavy atom. The van der Waals surface area contributed by atoms with Crippen molar-refractivity contribution in [1.29, 1.82) is 0 Å². The van der Waals surface area contributed by atoms with Crippen molar-refractivity contribution in [3.05, 3.63) is 65.0 Å². The Hall–Kier alpha value is -1.67. The summed E-state index contributed by atoms with van der Waals surface area (Å²) in [6.07, 6.45) is 3.27. The number of rotatable bonds is 3. The van der Waals surface area contributed by atoms with Crippen LogP contribution < -0.4 is 0 Å². The summed E-state index contributed by atoms with van der Waals surface area (Å²) in [6.45, 7) is 1.95. The lowest BCUT2D eigenvalue weighted by Gasteiger charge is -2.26.